The van der Waals surface area contributed by atoms with Crippen molar-refractivity contribution >= 4 is 28.7 Å². The highest BCUT2D eigenvalue weighted by Crippen LogP contribution is 2.22. The van der Waals surface area contributed by atoms with Crippen LogP contribution in [0.2, 0.25) is 5.02 Å². The number of hydrogen-bond donors (Lipinski definition) is 0. The van der Waals surface area contributed by atoms with E-state index >= 15 is 0 Å². The summed E-state index contributed by atoms with van der Waals surface area (Å²) >= 11 is 7.26. The molecule has 0 fully saturated rings. The highest BCUT2D eigenvalue weighted by atomic mass is 35.5. The van der Waals surface area contributed by atoms with E-state index in [9.17, 15) is 4.79 Å². The lowest BCUT2D eigenvalue weighted by Gasteiger charge is -2.03. The minimum absolute atomic E-state index is 0.0438. The van der Waals surface area contributed by atoms with Crippen molar-refractivity contribution in [2.24, 2.45) is 0 Å². The molecule has 0 amide bonds. The molecule has 0 radical (unpaired) electrons. The Morgan fingerprint density at radius 1 is 1.45 bits per heavy atom. The number of ketones is 1. The normalized spacial score (nSPS) is 10.9. The topological polar surface area (TPSA) is 42.4 Å². The van der Waals surface area contributed by atoms with Crippen molar-refractivity contribution in [3.63, 3.8) is 0 Å². The van der Waals surface area contributed by atoms with Crippen LogP contribution < -0.4 is 4.74 Å². The summed E-state index contributed by atoms with van der Waals surface area (Å²) in [5, 5.41) is 1.39. The van der Waals surface area contributed by atoms with E-state index in [4.69, 9.17) is 16.3 Å². The Bertz CT molecular complexity index is 695. The van der Waals surface area contributed by atoms with Crippen LogP contribution in [0.4, 0.5) is 0 Å². The Labute approximate surface area is 139 Å². The van der Waals surface area contributed by atoms with Crippen molar-refractivity contribution in [1.29, 1.82) is 0 Å². The number of halogens is 1. The zero-order valence-corrected chi connectivity index (χ0v) is 14.2. The number of nitrogens with zero attached hydrogens (tertiary/aromatic N) is 2. The molecule has 0 atom stereocenters. The summed E-state index contributed by atoms with van der Waals surface area (Å²) in [7, 11) is 3.74. The van der Waals surface area contributed by atoms with Gasteiger partial charge in [0.1, 0.15) is 17.4 Å². The van der Waals surface area contributed by atoms with Crippen molar-refractivity contribution in [2.75, 3.05) is 14.1 Å². The molecule has 0 aliphatic rings. The lowest BCUT2D eigenvalue weighted by Crippen LogP contribution is -2.02. The SMILES string of the molecule is Cc1nc(COc2cccc(Cl)c2)sc1C(=O)/C=C/N(C)C. The number of benzene rings is 1. The average molecular weight is 337 g/mol. The number of hydrogen-bond acceptors (Lipinski definition) is 5. The summed E-state index contributed by atoms with van der Waals surface area (Å²) in [4.78, 5) is 18.9. The molecule has 1 aromatic heterocycles. The Morgan fingerprint density at radius 3 is 2.91 bits per heavy atom. The second kappa shape index (κ2) is 7.42. The lowest BCUT2D eigenvalue weighted by atomic mass is 10.3. The number of carbonyl (C=O) groups excluding carboxylic acids is 1. The average Bonchev–Trinajstić information content (AvgIpc) is 2.84. The summed E-state index contributed by atoms with van der Waals surface area (Å²) < 4.78 is 5.65. The quantitative estimate of drug-likeness (QED) is 0.592. The third-order valence-electron chi connectivity index (χ3n) is 2.75. The van der Waals surface area contributed by atoms with Gasteiger partial charge in [-0.2, -0.15) is 0 Å². The second-order valence-corrected chi connectivity index (χ2v) is 6.43. The highest BCUT2D eigenvalue weighted by Gasteiger charge is 2.13. The van der Waals surface area contributed by atoms with E-state index in [1.807, 2.05) is 38.1 Å². The van der Waals surface area contributed by atoms with Gasteiger partial charge >= 0.3 is 0 Å². The molecular weight excluding hydrogens is 320 g/mol. The molecule has 0 spiro atoms. The van der Waals surface area contributed by atoms with Crippen molar-refractivity contribution in [3.8, 4) is 5.75 Å². The van der Waals surface area contributed by atoms with E-state index in [1.165, 1.54) is 11.3 Å². The van der Waals surface area contributed by atoms with E-state index in [0.717, 1.165) is 10.7 Å². The first kappa shape index (κ1) is 16.5. The molecule has 0 N–H and O–H groups in total. The van der Waals surface area contributed by atoms with Gasteiger partial charge in [-0.15, -0.1) is 11.3 Å². The maximum atomic E-state index is 12.1. The van der Waals surface area contributed by atoms with E-state index in [2.05, 4.69) is 4.98 Å². The molecule has 4 nitrogen and oxygen atoms in total. The number of aryl methyl sites for hydroxylation is 1. The van der Waals surface area contributed by atoms with Crippen LogP contribution in [-0.2, 0) is 6.61 Å². The monoisotopic (exact) mass is 336 g/mol. The smallest absolute Gasteiger partial charge is 0.199 e. The molecule has 2 aromatic rings. The van der Waals surface area contributed by atoms with Crippen molar-refractivity contribution < 1.29 is 9.53 Å². The van der Waals surface area contributed by atoms with Gasteiger partial charge in [0.15, 0.2) is 5.78 Å². The number of carbonyl (C=O) groups is 1. The summed E-state index contributed by atoms with van der Waals surface area (Å²) in [5.74, 6) is 0.637. The molecular formula is C16H17ClN2O2S. The maximum Gasteiger partial charge on any atom is 0.199 e. The minimum Gasteiger partial charge on any atom is -0.486 e. The molecule has 6 heteroatoms. The van der Waals surface area contributed by atoms with Gasteiger partial charge in [0.2, 0.25) is 0 Å². The molecule has 0 bridgehead atoms. The van der Waals surface area contributed by atoms with Gasteiger partial charge in [0.25, 0.3) is 0 Å². The van der Waals surface area contributed by atoms with Crippen LogP contribution in [-0.4, -0.2) is 29.8 Å². The zero-order chi connectivity index (χ0) is 16.1. The summed E-state index contributed by atoms with van der Waals surface area (Å²) in [5.41, 5.74) is 0.725. The third kappa shape index (κ3) is 4.58. The van der Waals surface area contributed by atoms with Gasteiger partial charge in [0.05, 0.1) is 10.6 Å². The molecule has 1 heterocycles. The molecule has 0 aliphatic heterocycles. The first-order valence-electron chi connectivity index (χ1n) is 6.69. The van der Waals surface area contributed by atoms with E-state index in [1.54, 1.807) is 24.4 Å². The lowest BCUT2D eigenvalue weighted by molar-refractivity contribution is 0.104. The Kier molecular flexibility index (Phi) is 5.57. The molecule has 0 aliphatic carbocycles. The van der Waals surface area contributed by atoms with Crippen LogP contribution in [0.25, 0.3) is 0 Å². The number of aromatic nitrogens is 1. The predicted molar refractivity (Wildman–Crippen MR) is 89.8 cm³/mol. The Hall–Kier alpha value is -1.85. The molecule has 2 rings (SSSR count). The van der Waals surface area contributed by atoms with E-state index in [-0.39, 0.29) is 5.78 Å². The number of thiazole rings is 1. The highest BCUT2D eigenvalue weighted by molar-refractivity contribution is 7.14. The van der Waals surface area contributed by atoms with Crippen LogP contribution in [0.5, 0.6) is 5.75 Å². The van der Waals surface area contributed by atoms with E-state index < -0.39 is 0 Å². The number of rotatable bonds is 6. The van der Waals surface area contributed by atoms with Gasteiger partial charge in [-0.3, -0.25) is 4.79 Å². The second-order valence-electron chi connectivity index (χ2n) is 4.91. The standard InChI is InChI=1S/C16H17ClN2O2S/c1-11-16(14(20)7-8-19(2)3)22-15(18-11)10-21-13-6-4-5-12(17)9-13/h4-9H,10H2,1-3H3/b8-7+. The van der Waals surface area contributed by atoms with Gasteiger partial charge in [-0.1, -0.05) is 17.7 Å². The van der Waals surface area contributed by atoms with Crippen molar-refractivity contribution in [3.05, 3.63) is 57.1 Å². The molecule has 1 aromatic carbocycles. The molecule has 0 saturated carbocycles. The van der Waals surface area contributed by atoms with Crippen LogP contribution in [0, 0.1) is 6.92 Å². The van der Waals surface area contributed by atoms with Crippen LogP contribution >= 0.6 is 22.9 Å². The molecule has 116 valence electrons. The van der Waals surface area contributed by atoms with Crippen molar-refractivity contribution in [2.45, 2.75) is 13.5 Å². The van der Waals surface area contributed by atoms with Gasteiger partial charge in [-0.05, 0) is 25.1 Å². The number of ether oxygens (including phenoxy) is 1. The number of allylic oxidation sites excluding steroid dienone is 1. The largest absolute Gasteiger partial charge is 0.486 e. The zero-order valence-electron chi connectivity index (χ0n) is 12.7. The molecule has 0 saturated heterocycles. The Balaban J connectivity index is 2.05. The van der Waals surface area contributed by atoms with E-state index in [0.29, 0.717) is 22.3 Å². The third-order valence-corrected chi connectivity index (χ3v) is 4.13. The first-order chi connectivity index (χ1) is 10.5. The fourth-order valence-corrected chi connectivity index (χ4v) is 2.82. The fraction of sp³-hybridized carbons (Fsp3) is 0.250. The van der Waals surface area contributed by atoms with Crippen LogP contribution in [0.3, 0.4) is 0 Å². The van der Waals surface area contributed by atoms with Crippen LogP contribution in [0.15, 0.2) is 36.5 Å². The molecule has 0 unspecified atom stereocenters. The predicted octanol–water partition coefficient (Wildman–Crippen LogP) is 3.94. The summed E-state index contributed by atoms with van der Waals surface area (Å²) in [6.45, 7) is 2.15. The van der Waals surface area contributed by atoms with Gasteiger partial charge in [0, 0.05) is 31.4 Å². The summed E-state index contributed by atoms with van der Waals surface area (Å²) in [6, 6.07) is 7.19. The van der Waals surface area contributed by atoms with Gasteiger partial charge < -0.3 is 9.64 Å². The first-order valence-corrected chi connectivity index (χ1v) is 7.89. The molecule has 22 heavy (non-hydrogen) atoms. The van der Waals surface area contributed by atoms with Crippen molar-refractivity contribution in [1.82, 2.24) is 9.88 Å². The Morgan fingerprint density at radius 2 is 2.23 bits per heavy atom. The maximum absolute atomic E-state index is 12.1. The summed E-state index contributed by atoms with van der Waals surface area (Å²) in [6.07, 6.45) is 3.27. The fourth-order valence-electron chi connectivity index (χ4n) is 1.74. The minimum atomic E-state index is -0.0438. The van der Waals surface area contributed by atoms with Gasteiger partial charge in [-0.25, -0.2) is 4.98 Å². The van der Waals surface area contributed by atoms with Crippen LogP contribution in [0.1, 0.15) is 20.4 Å².